The number of thioether (sulfide) groups is 1. The quantitative estimate of drug-likeness (QED) is 0.673. The largest absolute Gasteiger partial charge is 0.353 e. The smallest absolute Gasteiger partial charge is 0.230 e. The second-order valence-corrected chi connectivity index (χ2v) is 5.33. The molecule has 1 amide bonds. The summed E-state index contributed by atoms with van der Waals surface area (Å²) in [6.45, 7) is 4.05. The van der Waals surface area contributed by atoms with E-state index in [1.807, 2.05) is 31.2 Å². The van der Waals surface area contributed by atoms with E-state index in [-0.39, 0.29) is 11.9 Å². The van der Waals surface area contributed by atoms with Crippen molar-refractivity contribution in [1.82, 2.24) is 15.3 Å². The number of benzene rings is 1. The Balaban J connectivity index is 2.04. The van der Waals surface area contributed by atoms with Gasteiger partial charge in [0.2, 0.25) is 5.91 Å². The maximum atomic E-state index is 11.7. The number of aromatic nitrogens is 2. The van der Waals surface area contributed by atoms with E-state index in [0.717, 1.165) is 22.3 Å². The molecule has 1 heterocycles. The molecule has 1 atom stereocenters. The highest BCUT2D eigenvalue weighted by Gasteiger charge is 2.09. The molecule has 19 heavy (non-hydrogen) atoms. The lowest BCUT2D eigenvalue weighted by molar-refractivity contribution is -0.119. The zero-order valence-electron chi connectivity index (χ0n) is 11.1. The first-order chi connectivity index (χ1) is 9.20. The second kappa shape index (κ2) is 6.52. The molecular formula is C14H17N3OS. The van der Waals surface area contributed by atoms with Gasteiger partial charge in [-0.25, -0.2) is 9.97 Å². The SMILES string of the molecule is CCC(C)NC(=O)CSc1ncnc2ccccc12. The fourth-order valence-corrected chi connectivity index (χ4v) is 2.45. The number of nitrogens with zero attached hydrogens (tertiary/aromatic N) is 2. The lowest BCUT2D eigenvalue weighted by atomic mass is 10.2. The number of carbonyl (C=O) groups excluding carboxylic acids is 1. The highest BCUT2D eigenvalue weighted by atomic mass is 32.2. The monoisotopic (exact) mass is 275 g/mol. The Hall–Kier alpha value is -1.62. The van der Waals surface area contributed by atoms with Crippen LogP contribution in [0, 0.1) is 0 Å². The van der Waals surface area contributed by atoms with Gasteiger partial charge in [0.05, 0.1) is 11.3 Å². The van der Waals surface area contributed by atoms with Crippen molar-refractivity contribution in [2.24, 2.45) is 0 Å². The van der Waals surface area contributed by atoms with Crippen LogP contribution in [0.15, 0.2) is 35.6 Å². The van der Waals surface area contributed by atoms with Crippen LogP contribution >= 0.6 is 11.8 Å². The molecule has 0 fully saturated rings. The molecule has 1 aromatic carbocycles. The Morgan fingerprint density at radius 2 is 2.16 bits per heavy atom. The minimum Gasteiger partial charge on any atom is -0.353 e. The Labute approximate surface area is 117 Å². The molecule has 100 valence electrons. The summed E-state index contributed by atoms with van der Waals surface area (Å²) in [7, 11) is 0. The summed E-state index contributed by atoms with van der Waals surface area (Å²) >= 11 is 1.45. The molecule has 2 aromatic rings. The first-order valence-corrected chi connectivity index (χ1v) is 7.31. The predicted molar refractivity (Wildman–Crippen MR) is 78.2 cm³/mol. The lowest BCUT2D eigenvalue weighted by Gasteiger charge is -2.11. The summed E-state index contributed by atoms with van der Waals surface area (Å²) in [5, 5.41) is 4.79. The van der Waals surface area contributed by atoms with Gasteiger partial charge in [-0.15, -0.1) is 0 Å². The van der Waals surface area contributed by atoms with Crippen LogP contribution in [0.2, 0.25) is 0 Å². The number of nitrogens with one attached hydrogen (secondary N) is 1. The third-order valence-electron chi connectivity index (χ3n) is 2.87. The van der Waals surface area contributed by atoms with Gasteiger partial charge in [0.15, 0.2) is 0 Å². The summed E-state index contributed by atoms with van der Waals surface area (Å²) in [6, 6.07) is 8.04. The van der Waals surface area contributed by atoms with Crippen LogP contribution in [-0.4, -0.2) is 27.7 Å². The molecule has 0 aliphatic heterocycles. The Bertz CT molecular complexity index is 568. The molecule has 0 saturated carbocycles. The first kappa shape index (κ1) is 13.8. The van der Waals surface area contributed by atoms with Crippen LogP contribution in [0.5, 0.6) is 0 Å². The predicted octanol–water partition coefficient (Wildman–Crippen LogP) is 2.64. The van der Waals surface area contributed by atoms with E-state index >= 15 is 0 Å². The van der Waals surface area contributed by atoms with E-state index in [9.17, 15) is 4.79 Å². The standard InChI is InChI=1S/C14H17N3OS/c1-3-10(2)17-13(18)8-19-14-11-6-4-5-7-12(11)15-9-16-14/h4-7,9-10H,3,8H2,1-2H3,(H,17,18). The van der Waals surface area contributed by atoms with Crippen molar-refractivity contribution in [2.45, 2.75) is 31.3 Å². The van der Waals surface area contributed by atoms with Crippen molar-refractivity contribution in [1.29, 1.82) is 0 Å². The first-order valence-electron chi connectivity index (χ1n) is 6.32. The Kier molecular flexibility index (Phi) is 4.74. The average Bonchev–Trinajstić information content (AvgIpc) is 2.44. The van der Waals surface area contributed by atoms with E-state index in [2.05, 4.69) is 22.2 Å². The van der Waals surface area contributed by atoms with Gasteiger partial charge < -0.3 is 5.32 Å². The van der Waals surface area contributed by atoms with Crippen LogP contribution in [-0.2, 0) is 4.79 Å². The molecule has 0 aliphatic carbocycles. The van der Waals surface area contributed by atoms with Crippen molar-refractivity contribution in [3.63, 3.8) is 0 Å². The second-order valence-electron chi connectivity index (χ2n) is 4.36. The Morgan fingerprint density at radius 3 is 2.95 bits per heavy atom. The molecule has 0 aliphatic rings. The van der Waals surface area contributed by atoms with Gasteiger partial charge in [-0.3, -0.25) is 4.79 Å². The van der Waals surface area contributed by atoms with E-state index < -0.39 is 0 Å². The van der Waals surface area contributed by atoms with Crippen LogP contribution < -0.4 is 5.32 Å². The average molecular weight is 275 g/mol. The van der Waals surface area contributed by atoms with Crippen LogP contribution in [0.3, 0.4) is 0 Å². The fourth-order valence-electron chi connectivity index (χ4n) is 1.65. The third kappa shape index (κ3) is 3.67. The lowest BCUT2D eigenvalue weighted by Crippen LogP contribution is -2.33. The molecule has 1 aromatic heterocycles. The molecular weight excluding hydrogens is 258 g/mol. The zero-order valence-corrected chi connectivity index (χ0v) is 11.9. The minimum atomic E-state index is 0.0436. The van der Waals surface area contributed by atoms with Gasteiger partial charge >= 0.3 is 0 Å². The van der Waals surface area contributed by atoms with Crippen LogP contribution in [0.1, 0.15) is 20.3 Å². The van der Waals surface area contributed by atoms with Gasteiger partial charge in [-0.1, -0.05) is 36.9 Å². The molecule has 5 heteroatoms. The number of fused-ring (bicyclic) bond motifs is 1. The van der Waals surface area contributed by atoms with Gasteiger partial charge in [-0.2, -0.15) is 0 Å². The summed E-state index contributed by atoms with van der Waals surface area (Å²) in [5.41, 5.74) is 0.905. The van der Waals surface area contributed by atoms with Crippen molar-refractivity contribution in [3.8, 4) is 0 Å². The number of hydrogen-bond donors (Lipinski definition) is 1. The maximum absolute atomic E-state index is 11.7. The molecule has 4 nitrogen and oxygen atoms in total. The minimum absolute atomic E-state index is 0.0436. The summed E-state index contributed by atoms with van der Waals surface area (Å²) < 4.78 is 0. The van der Waals surface area contributed by atoms with Crippen LogP contribution in [0.4, 0.5) is 0 Å². The highest BCUT2D eigenvalue weighted by Crippen LogP contribution is 2.23. The van der Waals surface area contributed by atoms with E-state index in [1.54, 1.807) is 0 Å². The van der Waals surface area contributed by atoms with Crippen LogP contribution in [0.25, 0.3) is 10.9 Å². The van der Waals surface area contributed by atoms with Gasteiger partial charge in [0.1, 0.15) is 11.4 Å². The van der Waals surface area contributed by atoms with E-state index in [1.165, 1.54) is 18.1 Å². The van der Waals surface area contributed by atoms with Gasteiger partial charge in [0.25, 0.3) is 0 Å². The van der Waals surface area contributed by atoms with E-state index in [0.29, 0.717) is 5.75 Å². The normalized spacial score (nSPS) is 12.3. The van der Waals surface area contributed by atoms with Crippen molar-refractivity contribution < 1.29 is 4.79 Å². The number of carbonyl (C=O) groups is 1. The fraction of sp³-hybridized carbons (Fsp3) is 0.357. The number of amides is 1. The number of rotatable bonds is 5. The summed E-state index contributed by atoms with van der Waals surface area (Å²) in [6.07, 6.45) is 2.48. The molecule has 1 unspecified atom stereocenters. The van der Waals surface area contributed by atoms with E-state index in [4.69, 9.17) is 0 Å². The zero-order chi connectivity index (χ0) is 13.7. The van der Waals surface area contributed by atoms with Crippen molar-refractivity contribution in [2.75, 3.05) is 5.75 Å². The van der Waals surface area contributed by atoms with Crippen molar-refractivity contribution >= 4 is 28.6 Å². The molecule has 0 saturated heterocycles. The molecule has 0 radical (unpaired) electrons. The van der Waals surface area contributed by atoms with Crippen molar-refractivity contribution in [3.05, 3.63) is 30.6 Å². The molecule has 0 bridgehead atoms. The molecule has 0 spiro atoms. The molecule has 2 rings (SSSR count). The summed E-state index contributed by atoms with van der Waals surface area (Å²) in [4.78, 5) is 20.2. The third-order valence-corrected chi connectivity index (χ3v) is 3.87. The maximum Gasteiger partial charge on any atom is 0.230 e. The topological polar surface area (TPSA) is 54.9 Å². The number of para-hydroxylation sites is 1. The molecule has 1 N–H and O–H groups in total. The highest BCUT2D eigenvalue weighted by molar-refractivity contribution is 8.00. The number of hydrogen-bond acceptors (Lipinski definition) is 4. The Morgan fingerprint density at radius 1 is 1.37 bits per heavy atom. The van der Waals surface area contributed by atoms with Gasteiger partial charge in [-0.05, 0) is 19.4 Å². The van der Waals surface area contributed by atoms with Gasteiger partial charge in [0, 0.05) is 11.4 Å². The summed E-state index contributed by atoms with van der Waals surface area (Å²) in [5.74, 6) is 0.424.